The average Bonchev–Trinajstić information content (AvgIpc) is 3.66. The number of hydrogen-bond acceptors (Lipinski definition) is 6. The van der Waals surface area contributed by atoms with Gasteiger partial charge >= 0.3 is 5.97 Å². The van der Waals surface area contributed by atoms with Gasteiger partial charge in [-0.25, -0.2) is 17.6 Å². The molecule has 4 N–H and O–H groups in total. The Morgan fingerprint density at radius 3 is 2.38 bits per heavy atom. The molecule has 1 saturated carbocycles. The van der Waals surface area contributed by atoms with Gasteiger partial charge in [0.1, 0.15) is 17.2 Å². The van der Waals surface area contributed by atoms with Crippen molar-refractivity contribution in [2.45, 2.75) is 25.3 Å². The Morgan fingerprint density at radius 2 is 1.82 bits per heavy atom. The second-order valence-corrected chi connectivity index (χ2v) is 11.5. The largest absolute Gasteiger partial charge is 0.478 e. The van der Waals surface area contributed by atoms with E-state index in [0.29, 0.717) is 27.8 Å². The summed E-state index contributed by atoms with van der Waals surface area (Å²) in [7, 11) is -2.32. The van der Waals surface area contributed by atoms with Gasteiger partial charge in [-0.05, 0) is 72.4 Å². The van der Waals surface area contributed by atoms with Crippen LogP contribution in [-0.4, -0.2) is 38.7 Å². The highest BCUT2D eigenvalue weighted by atomic mass is 32.2. The smallest absolute Gasteiger partial charge is 0.337 e. The lowest BCUT2D eigenvalue weighted by Gasteiger charge is -2.25. The number of furan rings is 1. The summed E-state index contributed by atoms with van der Waals surface area (Å²) in [5, 5.41) is 12.4. The fourth-order valence-corrected chi connectivity index (χ4v) is 5.59. The molecule has 11 heteroatoms. The van der Waals surface area contributed by atoms with Crippen molar-refractivity contribution in [1.29, 1.82) is 0 Å². The van der Waals surface area contributed by atoms with Gasteiger partial charge in [0.15, 0.2) is 0 Å². The zero-order valence-electron chi connectivity index (χ0n) is 21.2. The zero-order chi connectivity index (χ0) is 28.1. The number of nitrogens with zero attached hydrogens (tertiary/aromatic N) is 1. The standard InChI is InChI=1S/C28H26FN3O6S/c1-31-27(33)25-21-12-20(16-4-5-16)23(13-24(21)38-26(25)17-6-8-18(29)9-7-17)32(39(2,36)37)14-15-3-10-19(28(34)35)22(30)11-15/h3,6-13,16H,4-5,14,30H2,1-2H3,(H,31,33)(H,34,35). The molecular formula is C28H26FN3O6S. The fourth-order valence-electron chi connectivity index (χ4n) is 4.69. The van der Waals surface area contributed by atoms with E-state index in [1.807, 2.05) is 0 Å². The first-order chi connectivity index (χ1) is 18.5. The van der Waals surface area contributed by atoms with Crippen molar-refractivity contribution in [3.63, 3.8) is 0 Å². The van der Waals surface area contributed by atoms with Crippen LogP contribution in [0, 0.1) is 5.82 Å². The molecule has 1 aliphatic carbocycles. The molecule has 1 heterocycles. The monoisotopic (exact) mass is 551 g/mol. The third-order valence-corrected chi connectivity index (χ3v) is 7.88. The van der Waals surface area contributed by atoms with E-state index in [1.54, 1.807) is 12.1 Å². The minimum atomic E-state index is -3.82. The number of anilines is 2. The molecule has 202 valence electrons. The quantitative estimate of drug-likeness (QED) is 0.269. The highest BCUT2D eigenvalue weighted by Crippen LogP contribution is 2.48. The predicted molar refractivity (Wildman–Crippen MR) is 146 cm³/mol. The Kier molecular flexibility index (Phi) is 6.55. The van der Waals surface area contributed by atoms with Crippen LogP contribution in [0.5, 0.6) is 0 Å². The number of halogens is 1. The molecule has 0 bridgehead atoms. The van der Waals surface area contributed by atoms with Crippen LogP contribution >= 0.6 is 0 Å². The van der Waals surface area contributed by atoms with Crippen LogP contribution in [0.2, 0.25) is 0 Å². The number of carbonyl (C=O) groups excluding carboxylic acids is 1. The van der Waals surface area contributed by atoms with E-state index in [0.717, 1.165) is 24.7 Å². The molecule has 1 amide bonds. The van der Waals surface area contributed by atoms with Crippen LogP contribution in [0.25, 0.3) is 22.3 Å². The van der Waals surface area contributed by atoms with Crippen molar-refractivity contribution in [2.75, 3.05) is 23.3 Å². The summed E-state index contributed by atoms with van der Waals surface area (Å²) in [5.41, 5.74) is 8.57. The van der Waals surface area contributed by atoms with Crippen LogP contribution in [0.4, 0.5) is 15.8 Å². The molecule has 0 spiro atoms. The maximum Gasteiger partial charge on any atom is 0.337 e. The lowest BCUT2D eigenvalue weighted by Crippen LogP contribution is -2.30. The molecule has 0 aliphatic heterocycles. The first-order valence-electron chi connectivity index (χ1n) is 12.2. The predicted octanol–water partition coefficient (Wildman–Crippen LogP) is 4.72. The van der Waals surface area contributed by atoms with Crippen molar-refractivity contribution in [2.24, 2.45) is 0 Å². The molecule has 3 aromatic carbocycles. The number of carboxylic acid groups (broad SMARTS) is 1. The second-order valence-electron chi connectivity index (χ2n) is 9.57. The summed E-state index contributed by atoms with van der Waals surface area (Å²) in [6, 6.07) is 13.3. The van der Waals surface area contributed by atoms with Crippen molar-refractivity contribution in [3.8, 4) is 11.3 Å². The third kappa shape index (κ3) is 5.05. The number of carboxylic acids is 1. The van der Waals surface area contributed by atoms with Gasteiger partial charge in [-0.15, -0.1) is 0 Å². The number of sulfonamides is 1. The SMILES string of the molecule is CNC(=O)c1c(-c2ccc(F)cc2)oc2cc(N(Cc3ccc(C(=O)O)c(N)c3)S(C)(=O)=O)c(C3CC3)cc12. The van der Waals surface area contributed by atoms with Crippen LogP contribution < -0.4 is 15.4 Å². The number of fused-ring (bicyclic) bond motifs is 1. The average molecular weight is 552 g/mol. The zero-order valence-corrected chi connectivity index (χ0v) is 22.0. The van der Waals surface area contributed by atoms with Crippen molar-refractivity contribution in [3.05, 3.63) is 82.7 Å². The molecule has 1 fully saturated rings. The summed E-state index contributed by atoms with van der Waals surface area (Å²) in [6.45, 7) is -0.0952. The molecule has 0 saturated heterocycles. The molecule has 9 nitrogen and oxygen atoms in total. The fraction of sp³-hybridized carbons (Fsp3) is 0.214. The van der Waals surface area contributed by atoms with Crippen LogP contribution in [-0.2, 0) is 16.6 Å². The first-order valence-corrected chi connectivity index (χ1v) is 14.0. The highest BCUT2D eigenvalue weighted by Gasteiger charge is 2.33. The van der Waals surface area contributed by atoms with E-state index in [-0.39, 0.29) is 35.0 Å². The summed E-state index contributed by atoms with van der Waals surface area (Å²) in [5.74, 6) is -1.67. The van der Waals surface area contributed by atoms with E-state index in [4.69, 9.17) is 10.2 Å². The number of nitrogen functional groups attached to an aromatic ring is 1. The van der Waals surface area contributed by atoms with Crippen molar-refractivity contribution in [1.82, 2.24) is 5.32 Å². The molecule has 1 aromatic heterocycles. The number of nitrogens with two attached hydrogens (primary N) is 1. The van der Waals surface area contributed by atoms with E-state index in [9.17, 15) is 27.5 Å². The Morgan fingerprint density at radius 1 is 1.13 bits per heavy atom. The lowest BCUT2D eigenvalue weighted by atomic mass is 10.00. The van der Waals surface area contributed by atoms with Gasteiger partial charge in [-0.3, -0.25) is 9.10 Å². The van der Waals surface area contributed by atoms with Crippen molar-refractivity contribution >= 4 is 44.2 Å². The Labute approximate surface area is 224 Å². The molecule has 5 rings (SSSR count). The number of benzene rings is 3. The van der Waals surface area contributed by atoms with E-state index < -0.39 is 27.7 Å². The van der Waals surface area contributed by atoms with Gasteiger partial charge in [0.05, 0.1) is 29.6 Å². The third-order valence-electron chi connectivity index (χ3n) is 6.76. The van der Waals surface area contributed by atoms with Crippen LogP contribution in [0.3, 0.4) is 0 Å². The lowest BCUT2D eigenvalue weighted by molar-refractivity contribution is 0.0697. The number of nitrogens with one attached hydrogen (secondary N) is 1. The van der Waals surface area contributed by atoms with Gasteiger partial charge in [0.25, 0.3) is 5.91 Å². The normalized spacial score (nSPS) is 13.4. The van der Waals surface area contributed by atoms with E-state index >= 15 is 0 Å². The minimum absolute atomic E-state index is 0.0245. The van der Waals surface area contributed by atoms with Crippen LogP contribution in [0.15, 0.2) is 59.0 Å². The molecule has 1 aliphatic rings. The number of amides is 1. The molecule has 0 atom stereocenters. The van der Waals surface area contributed by atoms with Gasteiger partial charge in [-0.2, -0.15) is 0 Å². The van der Waals surface area contributed by atoms with Crippen LogP contribution in [0.1, 0.15) is 50.6 Å². The number of carbonyl (C=O) groups is 2. The van der Waals surface area contributed by atoms with Gasteiger partial charge in [-0.1, -0.05) is 6.07 Å². The minimum Gasteiger partial charge on any atom is -0.478 e. The Hall–Kier alpha value is -4.38. The second kappa shape index (κ2) is 9.73. The molecule has 4 aromatic rings. The van der Waals surface area contributed by atoms with Crippen molar-refractivity contribution < 1.29 is 31.9 Å². The molecule has 0 unspecified atom stereocenters. The summed E-state index contributed by atoms with van der Waals surface area (Å²) in [4.78, 5) is 24.3. The number of aromatic carboxylic acids is 1. The van der Waals surface area contributed by atoms with Gasteiger partial charge < -0.3 is 20.6 Å². The summed E-state index contributed by atoms with van der Waals surface area (Å²) in [6.07, 6.45) is 2.80. The topological polar surface area (TPSA) is 143 Å². The number of rotatable bonds is 8. The number of hydrogen-bond donors (Lipinski definition) is 3. The Balaban J connectivity index is 1.69. The molecule has 0 radical (unpaired) electrons. The summed E-state index contributed by atoms with van der Waals surface area (Å²) >= 11 is 0. The van der Waals surface area contributed by atoms with E-state index in [1.165, 1.54) is 53.8 Å². The maximum absolute atomic E-state index is 13.6. The first kappa shape index (κ1) is 26.2. The van der Waals surface area contributed by atoms with Gasteiger partial charge in [0, 0.05) is 29.8 Å². The summed E-state index contributed by atoms with van der Waals surface area (Å²) < 4.78 is 47.1. The highest BCUT2D eigenvalue weighted by molar-refractivity contribution is 7.92. The van der Waals surface area contributed by atoms with Gasteiger partial charge in [0.2, 0.25) is 10.0 Å². The van der Waals surface area contributed by atoms with E-state index in [2.05, 4.69) is 5.32 Å². The Bertz CT molecular complexity index is 1730. The molecular weight excluding hydrogens is 525 g/mol. The maximum atomic E-state index is 13.6. The molecule has 39 heavy (non-hydrogen) atoms.